The number of para-hydroxylation sites is 1. The fraction of sp³-hybridized carbons (Fsp3) is 0.200. The average molecular weight is 341 g/mol. The molecule has 2 nitrogen and oxygen atoms in total. The molecule has 0 aliphatic heterocycles. The lowest BCUT2D eigenvalue weighted by Crippen LogP contribution is -2.36. The zero-order valence-corrected chi connectivity index (χ0v) is 12.9. The number of nitrogens with one attached hydrogen (secondary N) is 1. The summed E-state index contributed by atoms with van der Waals surface area (Å²) in [6, 6.07) is 15.3. The summed E-state index contributed by atoms with van der Waals surface area (Å²) in [5, 5.41) is 13.7. The highest BCUT2D eigenvalue weighted by Crippen LogP contribution is 2.33. The van der Waals surface area contributed by atoms with Gasteiger partial charge in [-0.3, -0.25) is 0 Å². The van der Waals surface area contributed by atoms with E-state index in [2.05, 4.69) is 21.2 Å². The van der Waals surface area contributed by atoms with Gasteiger partial charge in [-0.1, -0.05) is 57.9 Å². The van der Waals surface area contributed by atoms with E-state index in [-0.39, 0.29) is 6.61 Å². The van der Waals surface area contributed by atoms with Crippen LogP contribution in [-0.4, -0.2) is 11.7 Å². The zero-order chi connectivity index (χ0) is 13.9. The minimum Gasteiger partial charge on any atom is -0.394 e. The van der Waals surface area contributed by atoms with Crippen molar-refractivity contribution >= 4 is 33.2 Å². The molecule has 4 heteroatoms. The molecular weight excluding hydrogens is 326 g/mol. The number of rotatable bonds is 4. The molecule has 1 atom stereocenters. The highest BCUT2D eigenvalue weighted by molar-refractivity contribution is 9.10. The van der Waals surface area contributed by atoms with Gasteiger partial charge in [0.1, 0.15) is 0 Å². The first-order chi connectivity index (χ1) is 9.07. The Bertz CT molecular complexity index is 576. The first-order valence-corrected chi connectivity index (χ1v) is 7.12. The minimum atomic E-state index is -0.606. The molecule has 2 aromatic rings. The maximum absolute atomic E-state index is 9.79. The number of halogens is 2. The molecule has 0 fully saturated rings. The number of aliphatic hydroxyl groups is 1. The fourth-order valence-corrected chi connectivity index (χ4v) is 2.87. The van der Waals surface area contributed by atoms with E-state index in [4.69, 9.17) is 11.6 Å². The summed E-state index contributed by atoms with van der Waals surface area (Å²) in [4.78, 5) is 0. The van der Waals surface area contributed by atoms with E-state index >= 15 is 0 Å². The Labute approximate surface area is 126 Å². The van der Waals surface area contributed by atoms with E-state index < -0.39 is 5.54 Å². The molecule has 2 rings (SSSR count). The van der Waals surface area contributed by atoms with Gasteiger partial charge in [-0.25, -0.2) is 0 Å². The second kappa shape index (κ2) is 5.95. The van der Waals surface area contributed by atoms with E-state index in [9.17, 15) is 5.11 Å². The van der Waals surface area contributed by atoms with Crippen molar-refractivity contribution in [3.63, 3.8) is 0 Å². The van der Waals surface area contributed by atoms with Crippen molar-refractivity contribution in [2.45, 2.75) is 12.5 Å². The Morgan fingerprint density at radius 1 is 1.16 bits per heavy atom. The van der Waals surface area contributed by atoms with Crippen LogP contribution in [0.25, 0.3) is 0 Å². The summed E-state index contributed by atoms with van der Waals surface area (Å²) in [5.74, 6) is 0. The summed E-state index contributed by atoms with van der Waals surface area (Å²) in [7, 11) is 0. The molecule has 0 bridgehead atoms. The van der Waals surface area contributed by atoms with Gasteiger partial charge in [-0.15, -0.1) is 0 Å². The Hall–Kier alpha value is -1.03. The highest BCUT2D eigenvalue weighted by Gasteiger charge is 2.28. The third kappa shape index (κ3) is 3.11. The van der Waals surface area contributed by atoms with Crippen LogP contribution in [0.4, 0.5) is 5.69 Å². The second-order valence-electron chi connectivity index (χ2n) is 4.57. The van der Waals surface area contributed by atoms with Crippen LogP contribution in [-0.2, 0) is 5.54 Å². The van der Waals surface area contributed by atoms with Crippen molar-refractivity contribution in [3.8, 4) is 0 Å². The van der Waals surface area contributed by atoms with Crippen LogP contribution < -0.4 is 5.32 Å². The van der Waals surface area contributed by atoms with Crippen molar-refractivity contribution in [1.29, 1.82) is 0 Å². The molecule has 0 aliphatic carbocycles. The highest BCUT2D eigenvalue weighted by atomic mass is 79.9. The normalized spacial score (nSPS) is 13.9. The van der Waals surface area contributed by atoms with E-state index in [1.807, 2.05) is 55.5 Å². The van der Waals surface area contributed by atoms with Crippen LogP contribution in [0.15, 0.2) is 53.0 Å². The van der Waals surface area contributed by atoms with E-state index in [1.54, 1.807) is 0 Å². The van der Waals surface area contributed by atoms with Crippen molar-refractivity contribution in [3.05, 3.63) is 63.6 Å². The van der Waals surface area contributed by atoms with Crippen LogP contribution in [0.3, 0.4) is 0 Å². The molecule has 0 amide bonds. The molecule has 0 aliphatic rings. The summed E-state index contributed by atoms with van der Waals surface area (Å²) in [6.07, 6.45) is 0. The number of aliphatic hydroxyl groups excluding tert-OH is 1. The van der Waals surface area contributed by atoms with Crippen LogP contribution in [0, 0.1) is 0 Å². The molecule has 1 unspecified atom stereocenters. The minimum absolute atomic E-state index is 0.0408. The first kappa shape index (κ1) is 14.4. The summed E-state index contributed by atoms with van der Waals surface area (Å²) in [5.41, 5.74) is 1.18. The van der Waals surface area contributed by atoms with E-state index in [0.29, 0.717) is 5.02 Å². The lowest BCUT2D eigenvalue weighted by atomic mass is 9.92. The van der Waals surface area contributed by atoms with Crippen LogP contribution in [0.2, 0.25) is 5.02 Å². The van der Waals surface area contributed by atoms with Crippen LogP contribution in [0.5, 0.6) is 0 Å². The maximum atomic E-state index is 9.79. The molecule has 0 radical (unpaired) electrons. The number of benzene rings is 2. The second-order valence-corrected chi connectivity index (χ2v) is 5.84. The van der Waals surface area contributed by atoms with Crippen molar-refractivity contribution in [1.82, 2.24) is 0 Å². The van der Waals surface area contributed by atoms with Gasteiger partial charge in [0.15, 0.2) is 0 Å². The monoisotopic (exact) mass is 339 g/mol. The quantitative estimate of drug-likeness (QED) is 0.863. The van der Waals surface area contributed by atoms with Crippen LogP contribution >= 0.6 is 27.5 Å². The van der Waals surface area contributed by atoms with Crippen LogP contribution in [0.1, 0.15) is 12.5 Å². The van der Waals surface area contributed by atoms with Crippen molar-refractivity contribution < 1.29 is 5.11 Å². The SMILES string of the molecule is CC(CO)(Nc1ccccc1Cl)c1ccccc1Br. The summed E-state index contributed by atoms with van der Waals surface area (Å²) < 4.78 is 0.950. The van der Waals surface area contributed by atoms with Gasteiger partial charge in [-0.05, 0) is 30.7 Å². The Balaban J connectivity index is 2.39. The number of hydrogen-bond donors (Lipinski definition) is 2. The Morgan fingerprint density at radius 2 is 1.79 bits per heavy atom. The number of hydrogen-bond acceptors (Lipinski definition) is 2. The van der Waals surface area contributed by atoms with Gasteiger partial charge in [-0.2, -0.15) is 0 Å². The fourth-order valence-electron chi connectivity index (χ4n) is 1.96. The molecule has 2 aromatic carbocycles. The lowest BCUT2D eigenvalue weighted by molar-refractivity contribution is 0.223. The van der Waals surface area contributed by atoms with Gasteiger partial charge in [0.2, 0.25) is 0 Å². The predicted octanol–water partition coefficient (Wildman–Crippen LogP) is 4.42. The maximum Gasteiger partial charge on any atom is 0.0839 e. The average Bonchev–Trinajstić information content (AvgIpc) is 2.42. The molecule has 2 N–H and O–H groups in total. The largest absolute Gasteiger partial charge is 0.394 e. The topological polar surface area (TPSA) is 32.3 Å². The smallest absolute Gasteiger partial charge is 0.0839 e. The van der Waals surface area contributed by atoms with Gasteiger partial charge in [0.05, 0.1) is 22.9 Å². The van der Waals surface area contributed by atoms with Gasteiger partial charge in [0, 0.05) is 4.47 Å². The first-order valence-electron chi connectivity index (χ1n) is 5.95. The summed E-state index contributed by atoms with van der Waals surface area (Å²) in [6.45, 7) is 1.90. The van der Waals surface area contributed by atoms with Crippen molar-refractivity contribution in [2.24, 2.45) is 0 Å². The van der Waals surface area contributed by atoms with E-state index in [1.165, 1.54) is 0 Å². The Morgan fingerprint density at radius 3 is 2.42 bits per heavy atom. The van der Waals surface area contributed by atoms with E-state index in [0.717, 1.165) is 15.7 Å². The van der Waals surface area contributed by atoms with Gasteiger partial charge >= 0.3 is 0 Å². The molecular formula is C15H15BrClNO. The molecule has 19 heavy (non-hydrogen) atoms. The van der Waals surface area contributed by atoms with Gasteiger partial charge in [0.25, 0.3) is 0 Å². The predicted molar refractivity (Wildman–Crippen MR) is 83.7 cm³/mol. The molecule has 0 saturated carbocycles. The molecule has 0 aromatic heterocycles. The Kier molecular flexibility index (Phi) is 4.50. The standard InChI is InChI=1S/C15H15BrClNO/c1-15(10-19,11-6-2-3-7-12(11)16)18-14-9-5-4-8-13(14)17/h2-9,18-19H,10H2,1H3. The molecule has 0 spiro atoms. The lowest BCUT2D eigenvalue weighted by Gasteiger charge is -2.31. The molecule has 0 heterocycles. The summed E-state index contributed by atoms with van der Waals surface area (Å²) >= 11 is 9.68. The third-order valence-corrected chi connectivity index (χ3v) is 4.09. The van der Waals surface area contributed by atoms with Gasteiger partial charge < -0.3 is 10.4 Å². The zero-order valence-electron chi connectivity index (χ0n) is 10.5. The third-order valence-electron chi connectivity index (χ3n) is 3.07. The number of anilines is 1. The molecule has 0 saturated heterocycles. The molecule has 100 valence electrons. The van der Waals surface area contributed by atoms with Crippen molar-refractivity contribution in [2.75, 3.05) is 11.9 Å².